The molecule has 2 aliphatic rings. The molecule has 0 heterocycles. The number of fused-ring (bicyclic) bond motifs is 1. The molecule has 3 N–H and O–H groups in total. The molecule has 0 aromatic rings. The fourth-order valence-electron chi connectivity index (χ4n) is 3.33. The van der Waals surface area contributed by atoms with Crippen molar-refractivity contribution in [3.8, 4) is 0 Å². The number of aliphatic carboxylic acids is 1. The minimum Gasteiger partial charge on any atom is -0.481 e. The average molecular weight is 183 g/mol. The first-order valence-electron chi connectivity index (χ1n) is 5.17. The molecule has 2 fully saturated rings. The van der Waals surface area contributed by atoms with E-state index in [4.69, 9.17) is 10.8 Å². The van der Waals surface area contributed by atoms with E-state index in [1.54, 1.807) is 0 Å². The van der Waals surface area contributed by atoms with Gasteiger partial charge in [-0.25, -0.2) is 0 Å². The number of hydrogen-bond donors (Lipinski definition) is 2. The van der Waals surface area contributed by atoms with Crippen molar-refractivity contribution in [3.05, 3.63) is 0 Å². The zero-order valence-electron chi connectivity index (χ0n) is 7.78. The van der Waals surface area contributed by atoms with Gasteiger partial charge in [0.1, 0.15) is 0 Å². The van der Waals surface area contributed by atoms with Crippen molar-refractivity contribution in [3.63, 3.8) is 0 Å². The molecular formula is C10H17NO2. The molecule has 0 saturated heterocycles. The van der Waals surface area contributed by atoms with Crippen LogP contribution in [0.5, 0.6) is 0 Å². The summed E-state index contributed by atoms with van der Waals surface area (Å²) in [6, 6.07) is 0. The topological polar surface area (TPSA) is 63.3 Å². The predicted molar refractivity (Wildman–Crippen MR) is 49.1 cm³/mol. The molecule has 3 nitrogen and oxygen atoms in total. The summed E-state index contributed by atoms with van der Waals surface area (Å²) in [6.45, 7) is 0.672. The van der Waals surface area contributed by atoms with Crippen LogP contribution in [0.1, 0.15) is 25.7 Å². The van der Waals surface area contributed by atoms with Crippen LogP contribution in [0, 0.1) is 23.7 Å². The molecule has 0 aliphatic heterocycles. The maximum atomic E-state index is 11.0. The molecular weight excluding hydrogens is 166 g/mol. The Morgan fingerprint density at radius 3 is 2.69 bits per heavy atom. The van der Waals surface area contributed by atoms with Crippen LogP contribution in [0.25, 0.3) is 0 Å². The molecule has 0 unspecified atom stereocenters. The highest BCUT2D eigenvalue weighted by Gasteiger charge is 2.47. The normalized spacial score (nSPS) is 43.5. The van der Waals surface area contributed by atoms with E-state index < -0.39 is 5.97 Å². The van der Waals surface area contributed by atoms with Gasteiger partial charge in [-0.3, -0.25) is 4.79 Å². The summed E-state index contributed by atoms with van der Waals surface area (Å²) in [5, 5.41) is 9.03. The summed E-state index contributed by atoms with van der Waals surface area (Å²) in [7, 11) is 0. The Balaban J connectivity index is 2.13. The number of carboxylic acid groups (broad SMARTS) is 1. The lowest BCUT2D eigenvalue weighted by atomic mass is 9.90. The first-order chi connectivity index (χ1) is 6.24. The Bertz CT molecular complexity index is 217. The van der Waals surface area contributed by atoms with Gasteiger partial charge in [0.2, 0.25) is 0 Å². The Labute approximate surface area is 78.3 Å². The van der Waals surface area contributed by atoms with Gasteiger partial charge in [0.25, 0.3) is 0 Å². The van der Waals surface area contributed by atoms with E-state index >= 15 is 0 Å². The molecule has 74 valence electrons. The third kappa shape index (κ3) is 1.35. The van der Waals surface area contributed by atoms with E-state index in [0.29, 0.717) is 24.3 Å². The standard InChI is InChI=1S/C10H17NO2/c11-5-6-4-9(10(12)13)8-3-1-2-7(6)8/h6-9H,1-5,11H2,(H,12,13)/t6-,7-,8-,9-/m1/s1. The Morgan fingerprint density at radius 2 is 2.08 bits per heavy atom. The molecule has 0 bridgehead atoms. The monoisotopic (exact) mass is 183 g/mol. The third-order valence-electron chi connectivity index (χ3n) is 3.92. The van der Waals surface area contributed by atoms with Crippen LogP contribution in [0.2, 0.25) is 0 Å². The van der Waals surface area contributed by atoms with E-state index in [9.17, 15) is 4.79 Å². The summed E-state index contributed by atoms with van der Waals surface area (Å²) < 4.78 is 0. The summed E-state index contributed by atoms with van der Waals surface area (Å²) in [6.07, 6.45) is 4.34. The highest BCUT2D eigenvalue weighted by Crippen LogP contribution is 2.50. The molecule has 3 heteroatoms. The number of hydrogen-bond acceptors (Lipinski definition) is 2. The van der Waals surface area contributed by atoms with Crippen LogP contribution in [-0.2, 0) is 4.79 Å². The molecule has 0 spiro atoms. The summed E-state index contributed by atoms with van der Waals surface area (Å²) >= 11 is 0. The van der Waals surface area contributed by atoms with Gasteiger partial charge in [0, 0.05) is 0 Å². The van der Waals surface area contributed by atoms with E-state index in [2.05, 4.69) is 0 Å². The number of nitrogens with two attached hydrogens (primary N) is 1. The minimum absolute atomic E-state index is 0.0963. The maximum Gasteiger partial charge on any atom is 0.306 e. The van der Waals surface area contributed by atoms with E-state index in [1.807, 2.05) is 0 Å². The molecule has 0 aromatic carbocycles. The second-order valence-electron chi connectivity index (χ2n) is 4.43. The van der Waals surface area contributed by atoms with Crippen molar-refractivity contribution >= 4 is 5.97 Å². The SMILES string of the molecule is NC[C@H]1C[C@@H](C(=O)O)[C@@H]2CCC[C@H]12. The molecule has 2 saturated carbocycles. The van der Waals surface area contributed by atoms with Crippen molar-refractivity contribution in [2.75, 3.05) is 6.54 Å². The second kappa shape index (κ2) is 3.29. The maximum absolute atomic E-state index is 11.0. The molecule has 0 aromatic heterocycles. The van der Waals surface area contributed by atoms with Gasteiger partial charge in [-0.15, -0.1) is 0 Å². The summed E-state index contributed by atoms with van der Waals surface area (Å²) in [5.41, 5.74) is 5.66. The lowest BCUT2D eigenvalue weighted by Crippen LogP contribution is -2.19. The molecule has 0 radical (unpaired) electrons. The fraction of sp³-hybridized carbons (Fsp3) is 0.900. The van der Waals surface area contributed by atoms with Gasteiger partial charge in [-0.1, -0.05) is 6.42 Å². The van der Waals surface area contributed by atoms with Crippen LogP contribution in [-0.4, -0.2) is 17.6 Å². The minimum atomic E-state index is -0.604. The Hall–Kier alpha value is -0.570. The molecule has 2 aliphatic carbocycles. The Morgan fingerprint density at radius 1 is 1.38 bits per heavy atom. The van der Waals surface area contributed by atoms with Gasteiger partial charge in [-0.05, 0) is 43.6 Å². The highest BCUT2D eigenvalue weighted by atomic mass is 16.4. The highest BCUT2D eigenvalue weighted by molar-refractivity contribution is 5.71. The largest absolute Gasteiger partial charge is 0.481 e. The quantitative estimate of drug-likeness (QED) is 0.673. The van der Waals surface area contributed by atoms with E-state index in [1.165, 1.54) is 12.8 Å². The van der Waals surface area contributed by atoms with Crippen LogP contribution in [0.3, 0.4) is 0 Å². The zero-order valence-corrected chi connectivity index (χ0v) is 7.78. The van der Waals surface area contributed by atoms with Crippen molar-refractivity contribution in [2.24, 2.45) is 29.4 Å². The van der Waals surface area contributed by atoms with Gasteiger partial charge in [-0.2, -0.15) is 0 Å². The van der Waals surface area contributed by atoms with Crippen molar-refractivity contribution in [1.29, 1.82) is 0 Å². The van der Waals surface area contributed by atoms with Crippen molar-refractivity contribution in [1.82, 2.24) is 0 Å². The number of carbonyl (C=O) groups is 1. The first-order valence-corrected chi connectivity index (χ1v) is 5.17. The second-order valence-corrected chi connectivity index (χ2v) is 4.43. The lowest BCUT2D eigenvalue weighted by Gasteiger charge is -2.15. The molecule has 4 atom stereocenters. The Kier molecular flexibility index (Phi) is 2.28. The van der Waals surface area contributed by atoms with Gasteiger partial charge < -0.3 is 10.8 Å². The van der Waals surface area contributed by atoms with Crippen LogP contribution < -0.4 is 5.73 Å². The van der Waals surface area contributed by atoms with Gasteiger partial charge in [0.15, 0.2) is 0 Å². The smallest absolute Gasteiger partial charge is 0.306 e. The molecule has 13 heavy (non-hydrogen) atoms. The molecule has 0 amide bonds. The summed E-state index contributed by atoms with van der Waals surface area (Å²) in [4.78, 5) is 11.0. The first kappa shape index (κ1) is 9.00. The van der Waals surface area contributed by atoms with Crippen LogP contribution in [0.4, 0.5) is 0 Å². The molecule has 2 rings (SSSR count). The van der Waals surface area contributed by atoms with E-state index in [0.717, 1.165) is 12.8 Å². The van der Waals surface area contributed by atoms with E-state index in [-0.39, 0.29) is 5.92 Å². The van der Waals surface area contributed by atoms with Crippen LogP contribution >= 0.6 is 0 Å². The fourth-order valence-corrected chi connectivity index (χ4v) is 3.33. The van der Waals surface area contributed by atoms with Gasteiger partial charge in [0.05, 0.1) is 5.92 Å². The van der Waals surface area contributed by atoms with Crippen molar-refractivity contribution in [2.45, 2.75) is 25.7 Å². The average Bonchev–Trinajstić information content (AvgIpc) is 2.61. The number of carboxylic acids is 1. The van der Waals surface area contributed by atoms with Crippen LogP contribution in [0.15, 0.2) is 0 Å². The van der Waals surface area contributed by atoms with Crippen molar-refractivity contribution < 1.29 is 9.90 Å². The lowest BCUT2D eigenvalue weighted by molar-refractivity contribution is -0.143. The number of rotatable bonds is 2. The third-order valence-corrected chi connectivity index (χ3v) is 3.92. The summed E-state index contributed by atoms with van der Waals surface area (Å²) in [5.74, 6) is 0.833. The van der Waals surface area contributed by atoms with Gasteiger partial charge >= 0.3 is 5.97 Å². The predicted octanol–water partition coefficient (Wildman–Crippen LogP) is 1.08. The zero-order chi connectivity index (χ0) is 9.42.